The van der Waals surface area contributed by atoms with Crippen LogP contribution in [-0.4, -0.2) is 15.0 Å². The molecule has 0 aliphatic carbocycles. The first-order chi connectivity index (χ1) is 6.33. The highest BCUT2D eigenvalue weighted by molar-refractivity contribution is 5.25. The summed E-state index contributed by atoms with van der Waals surface area (Å²) in [5.74, 6) is 0. The average Bonchev–Trinajstić information content (AvgIpc) is 2.49. The molecular weight excluding hydrogens is 164 g/mol. The molecule has 0 saturated carbocycles. The highest BCUT2D eigenvalue weighted by Crippen LogP contribution is 2.06. The van der Waals surface area contributed by atoms with E-state index < -0.39 is 0 Å². The van der Waals surface area contributed by atoms with Crippen LogP contribution in [-0.2, 0) is 13.0 Å². The monoisotopic (exact) mass is 178 g/mol. The van der Waals surface area contributed by atoms with Crippen LogP contribution in [0.25, 0.3) is 0 Å². The molecule has 0 fully saturated rings. The van der Waals surface area contributed by atoms with Crippen molar-refractivity contribution in [2.45, 2.75) is 39.7 Å². The molecule has 13 heavy (non-hydrogen) atoms. The third-order valence-electron chi connectivity index (χ3n) is 1.83. The van der Waals surface area contributed by atoms with Gasteiger partial charge in [-0.15, -0.1) is 5.10 Å². The Hall–Kier alpha value is -1.37. The SMILES string of the molecule is CCCc1nnn(CCC)c1C#N. The summed E-state index contributed by atoms with van der Waals surface area (Å²) in [5, 5.41) is 16.8. The normalized spacial score (nSPS) is 9.92. The molecule has 0 saturated heterocycles. The molecule has 70 valence electrons. The molecule has 1 aromatic rings. The number of hydrogen-bond donors (Lipinski definition) is 0. The van der Waals surface area contributed by atoms with Crippen molar-refractivity contribution >= 4 is 0 Å². The van der Waals surface area contributed by atoms with E-state index in [0.29, 0.717) is 5.69 Å². The summed E-state index contributed by atoms with van der Waals surface area (Å²) in [7, 11) is 0. The van der Waals surface area contributed by atoms with Crippen LogP contribution in [0.3, 0.4) is 0 Å². The van der Waals surface area contributed by atoms with Gasteiger partial charge in [0.1, 0.15) is 11.8 Å². The van der Waals surface area contributed by atoms with Crippen LogP contribution in [0.5, 0.6) is 0 Å². The summed E-state index contributed by atoms with van der Waals surface area (Å²) in [4.78, 5) is 0. The van der Waals surface area contributed by atoms with Crippen molar-refractivity contribution in [1.29, 1.82) is 5.26 Å². The fraction of sp³-hybridized carbons (Fsp3) is 0.667. The first-order valence-corrected chi connectivity index (χ1v) is 4.65. The van der Waals surface area contributed by atoms with Crippen LogP contribution in [0.2, 0.25) is 0 Å². The lowest BCUT2D eigenvalue weighted by Gasteiger charge is -1.97. The molecule has 1 heterocycles. The molecule has 0 aliphatic rings. The van der Waals surface area contributed by atoms with Crippen molar-refractivity contribution in [2.75, 3.05) is 0 Å². The Morgan fingerprint density at radius 1 is 1.38 bits per heavy atom. The lowest BCUT2D eigenvalue weighted by molar-refractivity contribution is 0.573. The molecule has 0 bridgehead atoms. The second-order valence-corrected chi connectivity index (χ2v) is 2.97. The second-order valence-electron chi connectivity index (χ2n) is 2.97. The van der Waals surface area contributed by atoms with E-state index in [9.17, 15) is 0 Å². The maximum absolute atomic E-state index is 8.89. The van der Waals surface area contributed by atoms with Gasteiger partial charge in [-0.3, -0.25) is 0 Å². The van der Waals surface area contributed by atoms with Crippen molar-refractivity contribution in [2.24, 2.45) is 0 Å². The van der Waals surface area contributed by atoms with Gasteiger partial charge in [-0.05, 0) is 12.8 Å². The number of nitriles is 1. The first-order valence-electron chi connectivity index (χ1n) is 4.65. The zero-order valence-corrected chi connectivity index (χ0v) is 8.12. The highest BCUT2D eigenvalue weighted by atomic mass is 15.4. The third-order valence-corrected chi connectivity index (χ3v) is 1.83. The molecule has 0 spiro atoms. The Morgan fingerprint density at radius 3 is 2.69 bits per heavy atom. The Kier molecular flexibility index (Phi) is 3.44. The molecule has 1 rings (SSSR count). The van der Waals surface area contributed by atoms with E-state index >= 15 is 0 Å². The molecule has 0 atom stereocenters. The summed E-state index contributed by atoms with van der Waals surface area (Å²) in [5.41, 5.74) is 1.46. The van der Waals surface area contributed by atoms with Gasteiger partial charge in [-0.1, -0.05) is 25.5 Å². The van der Waals surface area contributed by atoms with E-state index in [4.69, 9.17) is 5.26 Å². The van der Waals surface area contributed by atoms with Gasteiger partial charge in [0.15, 0.2) is 5.69 Å². The Morgan fingerprint density at radius 2 is 2.15 bits per heavy atom. The van der Waals surface area contributed by atoms with Gasteiger partial charge >= 0.3 is 0 Å². The number of rotatable bonds is 4. The minimum atomic E-state index is 0.628. The van der Waals surface area contributed by atoms with Crippen molar-refractivity contribution in [1.82, 2.24) is 15.0 Å². The molecule has 1 aromatic heterocycles. The van der Waals surface area contributed by atoms with E-state index in [1.165, 1.54) is 0 Å². The van der Waals surface area contributed by atoms with Crippen LogP contribution < -0.4 is 0 Å². The topological polar surface area (TPSA) is 54.5 Å². The summed E-state index contributed by atoms with van der Waals surface area (Å²) >= 11 is 0. The van der Waals surface area contributed by atoms with Gasteiger partial charge in [0.2, 0.25) is 0 Å². The van der Waals surface area contributed by atoms with Gasteiger partial charge < -0.3 is 0 Å². The second kappa shape index (κ2) is 4.61. The van der Waals surface area contributed by atoms with Crippen LogP contribution in [0.15, 0.2) is 0 Å². The maximum Gasteiger partial charge on any atom is 0.161 e. The summed E-state index contributed by atoms with van der Waals surface area (Å²) in [6.07, 6.45) is 2.82. The van der Waals surface area contributed by atoms with E-state index in [-0.39, 0.29) is 0 Å². The zero-order chi connectivity index (χ0) is 9.68. The predicted molar refractivity (Wildman–Crippen MR) is 49.0 cm³/mol. The predicted octanol–water partition coefficient (Wildman–Crippen LogP) is 1.51. The molecule has 4 nitrogen and oxygen atoms in total. The van der Waals surface area contributed by atoms with Crippen molar-refractivity contribution in [3.63, 3.8) is 0 Å². The minimum absolute atomic E-state index is 0.628. The zero-order valence-electron chi connectivity index (χ0n) is 8.12. The van der Waals surface area contributed by atoms with Crippen LogP contribution in [0, 0.1) is 11.3 Å². The minimum Gasteiger partial charge on any atom is -0.234 e. The summed E-state index contributed by atoms with van der Waals surface area (Å²) < 4.78 is 1.69. The van der Waals surface area contributed by atoms with Crippen molar-refractivity contribution < 1.29 is 0 Å². The largest absolute Gasteiger partial charge is 0.234 e. The Bertz CT molecular complexity index is 284. The van der Waals surface area contributed by atoms with Crippen molar-refractivity contribution in [3.05, 3.63) is 11.4 Å². The number of hydrogen-bond acceptors (Lipinski definition) is 3. The third kappa shape index (κ3) is 2.05. The lowest BCUT2D eigenvalue weighted by atomic mass is 10.2. The van der Waals surface area contributed by atoms with Crippen LogP contribution in [0.4, 0.5) is 0 Å². The van der Waals surface area contributed by atoms with Gasteiger partial charge in [-0.25, -0.2) is 4.68 Å². The standard InChI is InChI=1S/C9H14N4/c1-3-5-8-9(7-10)13(6-4-2)12-11-8/h3-6H2,1-2H3. The number of nitrogens with zero attached hydrogens (tertiary/aromatic N) is 4. The molecular formula is C9H14N4. The van der Waals surface area contributed by atoms with Gasteiger partial charge in [0.05, 0.1) is 0 Å². The molecule has 0 N–H and O–H groups in total. The quantitative estimate of drug-likeness (QED) is 0.702. The van der Waals surface area contributed by atoms with Crippen molar-refractivity contribution in [3.8, 4) is 6.07 Å². The fourth-order valence-corrected chi connectivity index (χ4v) is 1.24. The molecule has 0 unspecified atom stereocenters. The van der Waals surface area contributed by atoms with E-state index in [0.717, 1.165) is 31.5 Å². The van der Waals surface area contributed by atoms with Crippen LogP contribution in [0.1, 0.15) is 38.1 Å². The molecule has 0 radical (unpaired) electrons. The highest BCUT2D eigenvalue weighted by Gasteiger charge is 2.09. The lowest BCUT2D eigenvalue weighted by Crippen LogP contribution is -2.02. The van der Waals surface area contributed by atoms with Gasteiger partial charge in [-0.2, -0.15) is 5.26 Å². The summed E-state index contributed by atoms with van der Waals surface area (Å²) in [6, 6.07) is 2.15. The van der Waals surface area contributed by atoms with Gasteiger partial charge in [0, 0.05) is 6.54 Å². The fourth-order valence-electron chi connectivity index (χ4n) is 1.24. The van der Waals surface area contributed by atoms with E-state index in [1.807, 2.05) is 0 Å². The number of aromatic nitrogens is 3. The molecule has 0 aliphatic heterocycles. The first kappa shape index (κ1) is 9.72. The summed E-state index contributed by atoms with van der Waals surface area (Å²) in [6.45, 7) is 4.90. The van der Waals surface area contributed by atoms with E-state index in [1.54, 1.807) is 4.68 Å². The Balaban J connectivity index is 2.91. The van der Waals surface area contributed by atoms with E-state index in [2.05, 4.69) is 30.2 Å². The molecule has 0 aromatic carbocycles. The molecule has 0 amide bonds. The number of aryl methyl sites for hydroxylation is 2. The average molecular weight is 178 g/mol. The van der Waals surface area contributed by atoms with Gasteiger partial charge in [0.25, 0.3) is 0 Å². The van der Waals surface area contributed by atoms with Crippen LogP contribution >= 0.6 is 0 Å². The molecule has 4 heteroatoms. The maximum atomic E-state index is 8.89. The smallest absolute Gasteiger partial charge is 0.161 e. The Labute approximate surface area is 78.2 Å².